The number of halogens is 3. The Labute approximate surface area is 255 Å². The predicted octanol–water partition coefficient (Wildman–Crippen LogP) is 5.57. The molecule has 1 saturated carbocycles. The van der Waals surface area contributed by atoms with Crippen molar-refractivity contribution in [3.8, 4) is 5.75 Å². The topological polar surface area (TPSA) is 95.0 Å². The van der Waals surface area contributed by atoms with Gasteiger partial charge in [0.15, 0.2) is 9.75 Å². The fourth-order valence-corrected chi connectivity index (χ4v) is 8.72. The van der Waals surface area contributed by atoms with Crippen LogP contribution in [0.1, 0.15) is 41.0 Å². The number of carbonyl (C=O) groups excluding carboxylic acids is 4. The van der Waals surface area contributed by atoms with Crippen LogP contribution in [-0.4, -0.2) is 48.8 Å². The molecule has 0 radical (unpaired) electrons. The smallest absolute Gasteiger partial charge is 0.254 e. The zero-order chi connectivity index (χ0) is 29.6. The van der Waals surface area contributed by atoms with Crippen molar-refractivity contribution in [2.24, 2.45) is 17.8 Å². The van der Waals surface area contributed by atoms with Crippen molar-refractivity contribution < 1.29 is 24.3 Å². The van der Waals surface area contributed by atoms with Crippen LogP contribution in [-0.2, 0) is 19.2 Å². The maximum atomic E-state index is 14.1. The summed E-state index contributed by atoms with van der Waals surface area (Å²) in [4.78, 5) is 53.9. The number of aromatic hydroxyl groups is 1. The van der Waals surface area contributed by atoms with E-state index in [1.54, 1.807) is 56.3 Å². The number of anilines is 1. The molecule has 41 heavy (non-hydrogen) atoms. The first-order chi connectivity index (χ1) is 19.4. The molecule has 10 heteroatoms. The summed E-state index contributed by atoms with van der Waals surface area (Å²) in [7, 11) is 0. The Hall–Kier alpha value is -2.94. The number of allylic oxidation sites excluding steroid dienone is 2. The van der Waals surface area contributed by atoms with Crippen molar-refractivity contribution in [1.82, 2.24) is 4.90 Å². The first-order valence-corrected chi connectivity index (χ1v) is 15.2. The van der Waals surface area contributed by atoms with Crippen LogP contribution in [0.4, 0.5) is 5.69 Å². The van der Waals surface area contributed by atoms with Gasteiger partial charge in [-0.1, -0.05) is 64.5 Å². The van der Waals surface area contributed by atoms with Gasteiger partial charge < -0.3 is 5.11 Å². The van der Waals surface area contributed by atoms with Gasteiger partial charge in [0.1, 0.15) is 5.75 Å². The number of carbonyl (C=O) groups is 4. The molecule has 6 rings (SSSR count). The molecule has 4 amide bonds. The van der Waals surface area contributed by atoms with Crippen LogP contribution in [0.15, 0.2) is 54.6 Å². The SMILES string of the molecule is C=Cc1ccc(N2C(=O)[C@H]3[C@H](CC=C4[C@H]3C[C@@]3(Cl)C(=O)N(CBr)C(=O)[C@@]3(Cl)[C@H]4c3cc(C)c(O)c(C)c3)C2=O)cc1. The van der Waals surface area contributed by atoms with Gasteiger partial charge in [0.05, 0.1) is 23.0 Å². The average Bonchev–Trinajstić information content (AvgIpc) is 3.29. The highest BCUT2D eigenvalue weighted by molar-refractivity contribution is 9.09. The monoisotopic (exact) mass is 656 g/mol. The molecule has 212 valence electrons. The lowest BCUT2D eigenvalue weighted by atomic mass is 9.56. The van der Waals surface area contributed by atoms with Crippen molar-refractivity contribution in [2.75, 3.05) is 10.4 Å². The normalized spacial score (nSPS) is 32.6. The molecule has 0 unspecified atom stereocenters. The standard InChI is InChI=1S/C31H27BrCl2N2O5/c1-4-17-5-7-19(8-6-17)36-26(38)21-10-9-20-22(23(21)27(36)39)13-30(33)28(40)35(14-32)29(41)31(30,34)24(20)18-11-15(2)25(37)16(3)12-18/h4-9,11-12,21-24,37H,1,10,13-14H2,2-3H3/t21-,22+,23-,24-,30+,31-/m0/s1. The molecule has 2 saturated heterocycles. The van der Waals surface area contributed by atoms with Gasteiger partial charge in [-0.25, -0.2) is 0 Å². The minimum absolute atomic E-state index is 0.0755. The molecule has 6 atom stereocenters. The highest BCUT2D eigenvalue weighted by Crippen LogP contribution is 2.65. The average molecular weight is 658 g/mol. The lowest BCUT2D eigenvalue weighted by Gasteiger charge is -2.51. The number of aryl methyl sites for hydroxylation is 2. The third kappa shape index (κ3) is 3.63. The molecular weight excluding hydrogens is 631 g/mol. The Kier molecular flexibility index (Phi) is 6.56. The van der Waals surface area contributed by atoms with E-state index in [4.69, 9.17) is 23.2 Å². The van der Waals surface area contributed by atoms with Crippen molar-refractivity contribution in [2.45, 2.75) is 42.4 Å². The number of amides is 4. The molecule has 3 fully saturated rings. The van der Waals surface area contributed by atoms with Crippen LogP contribution >= 0.6 is 39.1 Å². The molecule has 0 bridgehead atoms. The van der Waals surface area contributed by atoms with Crippen molar-refractivity contribution in [1.29, 1.82) is 0 Å². The largest absolute Gasteiger partial charge is 0.507 e. The summed E-state index contributed by atoms with van der Waals surface area (Å²) in [6.07, 6.45) is 3.78. The zero-order valence-corrected chi connectivity index (χ0v) is 25.5. The maximum Gasteiger partial charge on any atom is 0.254 e. The second kappa shape index (κ2) is 9.54. The lowest BCUT2D eigenvalue weighted by molar-refractivity contribution is -0.138. The zero-order valence-electron chi connectivity index (χ0n) is 22.4. The number of hydrogen-bond donors (Lipinski definition) is 1. The van der Waals surface area contributed by atoms with Gasteiger partial charge in [-0.2, -0.15) is 0 Å². The molecule has 7 nitrogen and oxygen atoms in total. The van der Waals surface area contributed by atoms with Crippen LogP contribution in [0.5, 0.6) is 5.75 Å². The van der Waals surface area contributed by atoms with Crippen LogP contribution in [0.25, 0.3) is 6.08 Å². The van der Waals surface area contributed by atoms with Gasteiger partial charge >= 0.3 is 0 Å². The predicted molar refractivity (Wildman–Crippen MR) is 160 cm³/mol. The van der Waals surface area contributed by atoms with E-state index in [0.29, 0.717) is 28.0 Å². The van der Waals surface area contributed by atoms with Crippen molar-refractivity contribution >= 4 is 74.5 Å². The molecule has 2 heterocycles. The summed E-state index contributed by atoms with van der Waals surface area (Å²) in [5, 5.41) is 10.5. The summed E-state index contributed by atoms with van der Waals surface area (Å²) >= 11 is 17.8. The summed E-state index contributed by atoms with van der Waals surface area (Å²) < 4.78 is 0. The van der Waals surface area contributed by atoms with E-state index >= 15 is 0 Å². The summed E-state index contributed by atoms with van der Waals surface area (Å²) in [5.74, 6) is -4.71. The van der Waals surface area contributed by atoms with E-state index in [1.807, 2.05) is 6.08 Å². The number of rotatable bonds is 4. The maximum absolute atomic E-state index is 14.1. The van der Waals surface area contributed by atoms with Gasteiger partial charge in [0.25, 0.3) is 11.8 Å². The number of imide groups is 2. The number of phenolic OH excluding ortho intramolecular Hbond substituents is 1. The van der Waals surface area contributed by atoms with E-state index in [2.05, 4.69) is 22.5 Å². The molecule has 0 spiro atoms. The summed E-state index contributed by atoms with van der Waals surface area (Å²) in [5.41, 5.74) is 3.70. The highest BCUT2D eigenvalue weighted by Gasteiger charge is 2.76. The number of hydrogen-bond acceptors (Lipinski definition) is 5. The minimum atomic E-state index is -1.88. The number of likely N-dealkylation sites (tertiary alicyclic amines) is 1. The Bertz CT molecular complexity index is 1570. The molecule has 4 aliphatic rings. The Balaban J connectivity index is 1.52. The fourth-order valence-electron chi connectivity index (χ4n) is 7.30. The fraction of sp³-hybridized carbons (Fsp3) is 0.355. The van der Waals surface area contributed by atoms with E-state index in [9.17, 15) is 24.3 Å². The van der Waals surface area contributed by atoms with E-state index in [1.165, 1.54) is 4.90 Å². The van der Waals surface area contributed by atoms with Gasteiger partial charge in [-0.15, -0.1) is 23.2 Å². The molecule has 1 N–H and O–H groups in total. The van der Waals surface area contributed by atoms with E-state index in [0.717, 1.165) is 10.5 Å². The van der Waals surface area contributed by atoms with E-state index in [-0.39, 0.29) is 35.9 Å². The first-order valence-electron chi connectivity index (χ1n) is 13.3. The van der Waals surface area contributed by atoms with Gasteiger partial charge in [-0.05, 0) is 67.0 Å². The van der Waals surface area contributed by atoms with Crippen LogP contribution in [0, 0.1) is 31.6 Å². The van der Waals surface area contributed by atoms with Gasteiger partial charge in [0, 0.05) is 5.92 Å². The van der Waals surface area contributed by atoms with Crippen molar-refractivity contribution in [3.63, 3.8) is 0 Å². The second-order valence-electron chi connectivity index (χ2n) is 11.3. The Morgan fingerprint density at radius 2 is 1.66 bits per heavy atom. The van der Waals surface area contributed by atoms with Gasteiger partial charge in [0.2, 0.25) is 11.8 Å². The molecule has 2 aromatic rings. The lowest BCUT2D eigenvalue weighted by Crippen LogP contribution is -2.60. The molecule has 2 aliphatic heterocycles. The van der Waals surface area contributed by atoms with Gasteiger partial charge in [-0.3, -0.25) is 29.0 Å². The van der Waals surface area contributed by atoms with Crippen molar-refractivity contribution in [3.05, 3.63) is 76.9 Å². The second-order valence-corrected chi connectivity index (χ2v) is 13.0. The van der Waals surface area contributed by atoms with E-state index < -0.39 is 45.2 Å². The number of alkyl halides is 3. The quantitative estimate of drug-likeness (QED) is 0.201. The minimum Gasteiger partial charge on any atom is -0.507 e. The summed E-state index contributed by atoms with van der Waals surface area (Å²) in [6, 6.07) is 10.5. The number of benzene rings is 2. The Morgan fingerprint density at radius 1 is 1.02 bits per heavy atom. The van der Waals surface area contributed by atoms with Crippen LogP contribution < -0.4 is 4.90 Å². The molecular formula is C31H27BrCl2N2O5. The number of nitrogens with zero attached hydrogens (tertiary/aromatic N) is 2. The van der Waals surface area contributed by atoms with Crippen LogP contribution in [0.2, 0.25) is 0 Å². The third-order valence-corrected chi connectivity index (χ3v) is 11.2. The molecule has 2 aliphatic carbocycles. The molecule has 0 aromatic heterocycles. The molecule has 2 aromatic carbocycles. The number of fused-ring (bicyclic) bond motifs is 4. The summed E-state index contributed by atoms with van der Waals surface area (Å²) in [6.45, 7) is 7.24. The highest BCUT2D eigenvalue weighted by atomic mass is 79.9. The van der Waals surface area contributed by atoms with Crippen LogP contribution in [0.3, 0.4) is 0 Å². The number of phenols is 1. The third-order valence-electron chi connectivity index (χ3n) is 9.25. The first kappa shape index (κ1) is 28.2. The Morgan fingerprint density at radius 3 is 2.24 bits per heavy atom.